The van der Waals surface area contributed by atoms with Crippen molar-refractivity contribution in [3.63, 3.8) is 0 Å². The highest BCUT2D eigenvalue weighted by Crippen LogP contribution is 2.37. The Morgan fingerprint density at radius 2 is 1.33 bits per heavy atom. The van der Waals surface area contributed by atoms with E-state index >= 15 is 0 Å². The first-order chi connectivity index (χ1) is 12.9. The lowest BCUT2D eigenvalue weighted by Crippen LogP contribution is -2.26. The van der Waals surface area contributed by atoms with Crippen molar-refractivity contribution in [3.05, 3.63) is 84.4 Å². The van der Waals surface area contributed by atoms with Gasteiger partial charge in [0.15, 0.2) is 11.5 Å². The van der Waals surface area contributed by atoms with Crippen molar-refractivity contribution in [2.75, 3.05) is 6.54 Å². The van der Waals surface area contributed by atoms with Gasteiger partial charge in [-0.05, 0) is 61.3 Å². The van der Waals surface area contributed by atoms with Crippen molar-refractivity contribution in [1.82, 2.24) is 5.32 Å². The summed E-state index contributed by atoms with van der Waals surface area (Å²) in [6.45, 7) is 1.07. The van der Waals surface area contributed by atoms with Crippen LogP contribution in [0.25, 0.3) is 0 Å². The highest BCUT2D eigenvalue weighted by atomic mass is 35.5. The van der Waals surface area contributed by atoms with Crippen LogP contribution < -0.4 is 14.8 Å². The molecule has 0 bridgehead atoms. The molecule has 4 heteroatoms. The van der Waals surface area contributed by atoms with Crippen molar-refractivity contribution in [2.45, 2.75) is 25.3 Å². The van der Waals surface area contributed by atoms with E-state index in [4.69, 9.17) is 9.47 Å². The second-order valence-electron chi connectivity index (χ2n) is 6.54. The van der Waals surface area contributed by atoms with Crippen molar-refractivity contribution < 1.29 is 9.47 Å². The number of rotatable bonds is 5. The third-order valence-corrected chi connectivity index (χ3v) is 4.62. The highest BCUT2D eigenvalue weighted by molar-refractivity contribution is 5.85. The van der Waals surface area contributed by atoms with Gasteiger partial charge in [0, 0.05) is 6.04 Å². The second-order valence-corrected chi connectivity index (χ2v) is 6.54. The molecule has 1 aliphatic rings. The Morgan fingerprint density at radius 1 is 0.704 bits per heavy atom. The molecule has 1 saturated heterocycles. The minimum absolute atomic E-state index is 0. The lowest BCUT2D eigenvalue weighted by molar-refractivity contribution is 0.401. The second kappa shape index (κ2) is 9.45. The van der Waals surface area contributed by atoms with Gasteiger partial charge in [-0.3, -0.25) is 0 Å². The van der Waals surface area contributed by atoms with E-state index in [1.165, 1.54) is 18.4 Å². The first kappa shape index (κ1) is 19.3. The number of hydrogen-bond donors (Lipinski definition) is 1. The number of benzene rings is 3. The molecule has 140 valence electrons. The fourth-order valence-corrected chi connectivity index (χ4v) is 3.27. The van der Waals surface area contributed by atoms with Gasteiger partial charge in [-0.2, -0.15) is 0 Å². The average molecular weight is 382 g/mol. The molecule has 0 aromatic heterocycles. The molecular weight excluding hydrogens is 358 g/mol. The topological polar surface area (TPSA) is 30.5 Å². The third-order valence-electron chi connectivity index (χ3n) is 4.62. The summed E-state index contributed by atoms with van der Waals surface area (Å²) in [5, 5.41) is 3.60. The van der Waals surface area contributed by atoms with Crippen molar-refractivity contribution in [1.29, 1.82) is 0 Å². The van der Waals surface area contributed by atoms with Crippen molar-refractivity contribution in [2.24, 2.45) is 0 Å². The zero-order chi connectivity index (χ0) is 17.6. The van der Waals surface area contributed by atoms with Crippen LogP contribution in [-0.2, 0) is 0 Å². The summed E-state index contributed by atoms with van der Waals surface area (Å²) in [5.41, 5.74) is 1.25. The van der Waals surface area contributed by atoms with Crippen LogP contribution >= 0.6 is 12.4 Å². The molecule has 1 N–H and O–H groups in total. The Hall–Kier alpha value is -2.49. The molecule has 1 fully saturated rings. The molecule has 0 unspecified atom stereocenters. The van der Waals surface area contributed by atoms with Crippen LogP contribution in [0.1, 0.15) is 30.9 Å². The van der Waals surface area contributed by atoms with Gasteiger partial charge in [0.1, 0.15) is 11.5 Å². The number of hydrogen-bond acceptors (Lipinski definition) is 3. The normalized spacial score (nSPS) is 16.2. The Labute approximate surface area is 166 Å². The van der Waals surface area contributed by atoms with E-state index in [2.05, 4.69) is 17.4 Å². The zero-order valence-electron chi connectivity index (χ0n) is 15.1. The smallest absolute Gasteiger partial charge is 0.170 e. The molecule has 1 heterocycles. The van der Waals surface area contributed by atoms with E-state index in [0.717, 1.165) is 36.0 Å². The Kier molecular flexibility index (Phi) is 6.74. The quantitative estimate of drug-likeness (QED) is 0.546. The standard InChI is InChI=1S/C23H23NO2.ClH/c1-3-9-19(10-4-1)25-22-15-14-18(21-13-7-8-16-24-21)17-23(22)26-20-11-5-2-6-12-20;/h1-6,9-12,14-15,17,21,24H,7-8,13,16H2;1H/t21-;/m0./s1. The maximum Gasteiger partial charge on any atom is 0.170 e. The fourth-order valence-electron chi connectivity index (χ4n) is 3.27. The predicted octanol–water partition coefficient (Wildman–Crippen LogP) is 6.51. The van der Waals surface area contributed by atoms with Crippen LogP contribution in [0.2, 0.25) is 0 Å². The molecule has 0 aliphatic carbocycles. The third kappa shape index (κ3) is 5.03. The summed E-state index contributed by atoms with van der Waals surface area (Å²) < 4.78 is 12.2. The highest BCUT2D eigenvalue weighted by Gasteiger charge is 2.17. The average Bonchev–Trinajstić information content (AvgIpc) is 2.71. The van der Waals surface area contributed by atoms with Crippen LogP contribution in [0.5, 0.6) is 23.0 Å². The minimum atomic E-state index is 0. The van der Waals surface area contributed by atoms with Gasteiger partial charge < -0.3 is 14.8 Å². The largest absolute Gasteiger partial charge is 0.453 e. The van der Waals surface area contributed by atoms with Crippen LogP contribution in [0.15, 0.2) is 78.9 Å². The van der Waals surface area contributed by atoms with Crippen LogP contribution in [0.3, 0.4) is 0 Å². The molecule has 0 amide bonds. The monoisotopic (exact) mass is 381 g/mol. The van der Waals surface area contributed by atoms with Gasteiger partial charge in [0.2, 0.25) is 0 Å². The fraction of sp³-hybridized carbons (Fsp3) is 0.217. The summed E-state index contributed by atoms with van der Waals surface area (Å²) >= 11 is 0. The molecule has 0 radical (unpaired) electrons. The Balaban J connectivity index is 0.00000210. The predicted molar refractivity (Wildman–Crippen MR) is 111 cm³/mol. The molecule has 4 rings (SSSR count). The van der Waals surface area contributed by atoms with Gasteiger partial charge in [-0.1, -0.05) is 48.9 Å². The lowest BCUT2D eigenvalue weighted by atomic mass is 9.97. The van der Waals surface area contributed by atoms with Crippen LogP contribution in [0.4, 0.5) is 0 Å². The molecule has 1 atom stereocenters. The molecule has 3 aromatic rings. The summed E-state index contributed by atoms with van der Waals surface area (Å²) in [6.07, 6.45) is 3.66. The first-order valence-electron chi connectivity index (χ1n) is 9.22. The molecule has 0 spiro atoms. The van der Waals surface area contributed by atoms with Crippen molar-refractivity contribution >= 4 is 12.4 Å². The molecule has 3 nitrogen and oxygen atoms in total. The number of para-hydroxylation sites is 2. The van der Waals surface area contributed by atoms with E-state index in [9.17, 15) is 0 Å². The summed E-state index contributed by atoms with van der Waals surface area (Å²) in [5.74, 6) is 3.07. The molecule has 3 aromatic carbocycles. The van der Waals surface area contributed by atoms with E-state index in [0.29, 0.717) is 6.04 Å². The Morgan fingerprint density at radius 3 is 1.93 bits per heavy atom. The van der Waals surface area contributed by atoms with E-state index in [1.54, 1.807) is 0 Å². The summed E-state index contributed by atoms with van der Waals surface area (Å²) in [6, 6.07) is 26.3. The van der Waals surface area contributed by atoms with Crippen LogP contribution in [-0.4, -0.2) is 6.54 Å². The summed E-state index contributed by atoms with van der Waals surface area (Å²) in [7, 11) is 0. The number of ether oxygens (including phenoxy) is 2. The van der Waals surface area contributed by atoms with E-state index in [1.807, 2.05) is 66.7 Å². The SMILES string of the molecule is Cl.c1ccc(Oc2ccc([C@@H]3CCCCN3)cc2Oc2ccccc2)cc1. The van der Waals surface area contributed by atoms with Crippen LogP contribution in [0, 0.1) is 0 Å². The lowest BCUT2D eigenvalue weighted by Gasteiger charge is -2.24. The van der Waals surface area contributed by atoms with Gasteiger partial charge in [0.05, 0.1) is 0 Å². The maximum atomic E-state index is 6.16. The number of nitrogens with one attached hydrogen (secondary N) is 1. The van der Waals surface area contributed by atoms with E-state index < -0.39 is 0 Å². The van der Waals surface area contributed by atoms with Crippen molar-refractivity contribution in [3.8, 4) is 23.0 Å². The minimum Gasteiger partial charge on any atom is -0.453 e. The number of halogens is 1. The molecule has 0 saturated carbocycles. The number of piperidine rings is 1. The van der Waals surface area contributed by atoms with Gasteiger partial charge in [-0.25, -0.2) is 0 Å². The van der Waals surface area contributed by atoms with E-state index in [-0.39, 0.29) is 12.4 Å². The van der Waals surface area contributed by atoms with Gasteiger partial charge >= 0.3 is 0 Å². The first-order valence-corrected chi connectivity index (χ1v) is 9.22. The zero-order valence-corrected chi connectivity index (χ0v) is 16.0. The van der Waals surface area contributed by atoms with Gasteiger partial charge in [0.25, 0.3) is 0 Å². The molecular formula is C23H24ClNO2. The summed E-state index contributed by atoms with van der Waals surface area (Å²) in [4.78, 5) is 0. The molecule has 1 aliphatic heterocycles. The Bertz CT molecular complexity index is 834. The van der Waals surface area contributed by atoms with Gasteiger partial charge in [-0.15, -0.1) is 12.4 Å². The molecule has 27 heavy (non-hydrogen) atoms. The maximum absolute atomic E-state index is 6.16.